The molecule has 1 amide bonds. The second-order valence-corrected chi connectivity index (χ2v) is 6.18. The fourth-order valence-corrected chi connectivity index (χ4v) is 3.40. The first-order chi connectivity index (χ1) is 9.70. The van der Waals surface area contributed by atoms with Crippen molar-refractivity contribution in [1.29, 1.82) is 0 Å². The zero-order valence-electron chi connectivity index (χ0n) is 11.9. The summed E-state index contributed by atoms with van der Waals surface area (Å²) in [5.74, 6) is -0.608. The Balaban J connectivity index is 1.80. The lowest BCUT2D eigenvalue weighted by molar-refractivity contribution is -0.124. The van der Waals surface area contributed by atoms with E-state index in [0.717, 1.165) is 25.7 Å². The Morgan fingerprint density at radius 3 is 2.90 bits per heavy atom. The lowest BCUT2D eigenvalue weighted by Crippen LogP contribution is -2.29. The molecule has 0 fully saturated rings. The van der Waals surface area contributed by atoms with E-state index < -0.39 is 0 Å². The smallest absolute Gasteiger partial charge is 0.348 e. The second kappa shape index (κ2) is 7.43. The number of hydrogen-bond donors (Lipinski definition) is 1. The monoisotopic (exact) mass is 295 g/mol. The summed E-state index contributed by atoms with van der Waals surface area (Å²) < 4.78 is 5.06. The molecule has 5 heteroatoms. The number of carbonyl (C=O) groups is 2. The van der Waals surface area contributed by atoms with E-state index in [4.69, 9.17) is 4.74 Å². The van der Waals surface area contributed by atoms with E-state index in [1.54, 1.807) is 0 Å². The largest absolute Gasteiger partial charge is 0.451 e. The fourth-order valence-electron chi connectivity index (χ4n) is 2.25. The molecule has 110 valence electrons. The summed E-state index contributed by atoms with van der Waals surface area (Å²) in [7, 11) is 0. The summed E-state index contributed by atoms with van der Waals surface area (Å²) in [6, 6.07) is 1.93. The minimum Gasteiger partial charge on any atom is -0.451 e. The zero-order valence-corrected chi connectivity index (χ0v) is 12.7. The number of fused-ring (bicyclic) bond motifs is 1. The van der Waals surface area contributed by atoms with Crippen LogP contribution < -0.4 is 5.32 Å². The van der Waals surface area contributed by atoms with Gasteiger partial charge in [-0.25, -0.2) is 4.79 Å². The number of unbranched alkanes of at least 4 members (excludes halogenated alkanes) is 1. The molecule has 1 aromatic rings. The average Bonchev–Trinajstić information content (AvgIpc) is 2.89. The van der Waals surface area contributed by atoms with Gasteiger partial charge in [0.15, 0.2) is 6.61 Å². The van der Waals surface area contributed by atoms with Gasteiger partial charge >= 0.3 is 5.97 Å². The first-order valence-electron chi connectivity index (χ1n) is 7.26. The van der Waals surface area contributed by atoms with Crippen molar-refractivity contribution in [3.8, 4) is 0 Å². The van der Waals surface area contributed by atoms with Crippen molar-refractivity contribution in [2.45, 2.75) is 45.4 Å². The maximum atomic E-state index is 11.9. The molecule has 0 atom stereocenters. The fraction of sp³-hybridized carbons (Fsp3) is 0.600. The highest BCUT2D eigenvalue weighted by atomic mass is 32.1. The highest BCUT2D eigenvalue weighted by molar-refractivity contribution is 7.14. The van der Waals surface area contributed by atoms with Crippen LogP contribution in [-0.2, 0) is 22.4 Å². The summed E-state index contributed by atoms with van der Waals surface area (Å²) in [5.41, 5.74) is 1.28. The van der Waals surface area contributed by atoms with Gasteiger partial charge in [0, 0.05) is 11.4 Å². The highest BCUT2D eigenvalue weighted by Crippen LogP contribution is 2.29. The van der Waals surface area contributed by atoms with Crippen molar-refractivity contribution in [2.24, 2.45) is 0 Å². The predicted molar refractivity (Wildman–Crippen MR) is 79.2 cm³/mol. The molecule has 1 aromatic heterocycles. The lowest BCUT2D eigenvalue weighted by Gasteiger charge is -2.08. The molecule has 2 rings (SSSR count). The number of esters is 1. The number of nitrogens with one attached hydrogen (secondary N) is 1. The van der Waals surface area contributed by atoms with Crippen LogP contribution in [0.3, 0.4) is 0 Å². The first-order valence-corrected chi connectivity index (χ1v) is 8.07. The summed E-state index contributed by atoms with van der Waals surface area (Å²) >= 11 is 1.51. The Labute approximate surface area is 123 Å². The molecule has 0 saturated carbocycles. The Morgan fingerprint density at radius 2 is 2.15 bits per heavy atom. The Bertz CT molecular complexity index is 458. The van der Waals surface area contributed by atoms with Gasteiger partial charge < -0.3 is 10.1 Å². The number of ether oxygens (including phenoxy) is 1. The summed E-state index contributed by atoms with van der Waals surface area (Å²) in [4.78, 5) is 25.3. The van der Waals surface area contributed by atoms with Crippen molar-refractivity contribution in [1.82, 2.24) is 5.32 Å². The van der Waals surface area contributed by atoms with Crippen LogP contribution in [0.2, 0.25) is 0 Å². The molecule has 20 heavy (non-hydrogen) atoms. The highest BCUT2D eigenvalue weighted by Gasteiger charge is 2.18. The SMILES string of the molecule is CCCCNC(=O)COC(=O)c1cc2c(s1)CCCC2. The molecule has 1 aliphatic carbocycles. The van der Waals surface area contributed by atoms with E-state index in [-0.39, 0.29) is 18.5 Å². The van der Waals surface area contributed by atoms with Crippen LogP contribution in [0.4, 0.5) is 0 Å². The molecule has 0 bridgehead atoms. The van der Waals surface area contributed by atoms with Gasteiger partial charge in [-0.15, -0.1) is 11.3 Å². The molecule has 0 saturated heterocycles. The molecule has 1 N–H and O–H groups in total. The number of rotatable bonds is 6. The van der Waals surface area contributed by atoms with Crippen LogP contribution in [0.25, 0.3) is 0 Å². The summed E-state index contributed by atoms with van der Waals surface area (Å²) in [6.07, 6.45) is 6.47. The second-order valence-electron chi connectivity index (χ2n) is 5.05. The molecular weight excluding hydrogens is 274 g/mol. The summed E-state index contributed by atoms with van der Waals surface area (Å²) in [5, 5.41) is 2.73. The quantitative estimate of drug-likeness (QED) is 0.648. The molecule has 4 nitrogen and oxygen atoms in total. The molecule has 0 radical (unpaired) electrons. The van der Waals surface area contributed by atoms with Crippen molar-refractivity contribution in [3.05, 3.63) is 21.4 Å². The molecule has 0 aliphatic heterocycles. The van der Waals surface area contributed by atoms with Gasteiger partial charge in [-0.2, -0.15) is 0 Å². The molecule has 1 aliphatic rings. The molecule has 0 aromatic carbocycles. The van der Waals surface area contributed by atoms with E-state index in [0.29, 0.717) is 11.4 Å². The van der Waals surface area contributed by atoms with Crippen LogP contribution in [-0.4, -0.2) is 25.0 Å². The van der Waals surface area contributed by atoms with E-state index in [2.05, 4.69) is 12.2 Å². The van der Waals surface area contributed by atoms with Gasteiger partial charge in [0.2, 0.25) is 0 Å². The Morgan fingerprint density at radius 1 is 1.35 bits per heavy atom. The standard InChI is InChI=1S/C15H21NO3S/c1-2-3-8-16-14(17)10-19-15(18)13-9-11-6-4-5-7-12(11)20-13/h9H,2-8,10H2,1H3,(H,16,17). The van der Waals surface area contributed by atoms with Gasteiger partial charge in [0.05, 0.1) is 0 Å². The van der Waals surface area contributed by atoms with Gasteiger partial charge in [-0.1, -0.05) is 13.3 Å². The van der Waals surface area contributed by atoms with Crippen LogP contribution in [0.5, 0.6) is 0 Å². The molecule has 0 spiro atoms. The van der Waals surface area contributed by atoms with Crippen molar-refractivity contribution in [2.75, 3.05) is 13.2 Å². The minimum absolute atomic E-state index is 0.189. The van der Waals surface area contributed by atoms with Gasteiger partial charge in [-0.05, 0) is 43.7 Å². The van der Waals surface area contributed by atoms with Crippen molar-refractivity contribution < 1.29 is 14.3 Å². The number of carbonyl (C=O) groups excluding carboxylic acids is 2. The minimum atomic E-state index is -0.380. The van der Waals surface area contributed by atoms with Crippen LogP contribution in [0.15, 0.2) is 6.07 Å². The van der Waals surface area contributed by atoms with Crippen LogP contribution >= 0.6 is 11.3 Å². The van der Waals surface area contributed by atoms with Gasteiger partial charge in [0.1, 0.15) is 4.88 Å². The lowest BCUT2D eigenvalue weighted by atomic mass is 9.99. The topological polar surface area (TPSA) is 55.4 Å². The number of aryl methyl sites for hydroxylation is 2. The van der Waals surface area contributed by atoms with E-state index in [1.807, 2.05) is 6.07 Å². The molecular formula is C15H21NO3S. The van der Waals surface area contributed by atoms with E-state index >= 15 is 0 Å². The number of thiophene rings is 1. The van der Waals surface area contributed by atoms with Crippen LogP contribution in [0, 0.1) is 0 Å². The Hall–Kier alpha value is -1.36. The third-order valence-corrected chi connectivity index (χ3v) is 4.60. The first kappa shape index (κ1) is 15.0. The van der Waals surface area contributed by atoms with Gasteiger partial charge in [0.25, 0.3) is 5.91 Å². The van der Waals surface area contributed by atoms with Crippen molar-refractivity contribution >= 4 is 23.2 Å². The normalized spacial score (nSPS) is 13.7. The average molecular weight is 295 g/mol. The maximum absolute atomic E-state index is 11.9. The van der Waals surface area contributed by atoms with Crippen molar-refractivity contribution in [3.63, 3.8) is 0 Å². The van der Waals surface area contributed by atoms with Gasteiger partial charge in [-0.3, -0.25) is 4.79 Å². The summed E-state index contributed by atoms with van der Waals surface area (Å²) in [6.45, 7) is 2.51. The zero-order chi connectivity index (χ0) is 14.4. The van der Waals surface area contributed by atoms with Crippen LogP contribution in [0.1, 0.15) is 52.7 Å². The van der Waals surface area contributed by atoms with E-state index in [9.17, 15) is 9.59 Å². The molecule has 1 heterocycles. The predicted octanol–water partition coefficient (Wildman–Crippen LogP) is 2.70. The third kappa shape index (κ3) is 4.07. The number of amides is 1. The maximum Gasteiger partial charge on any atom is 0.348 e. The third-order valence-electron chi connectivity index (χ3n) is 3.38. The van der Waals surface area contributed by atoms with E-state index in [1.165, 1.54) is 34.6 Å². The number of hydrogen-bond acceptors (Lipinski definition) is 4. The Kier molecular flexibility index (Phi) is 5.59. The molecule has 0 unspecified atom stereocenters.